The molecule has 0 unspecified atom stereocenters. The van der Waals surface area contributed by atoms with Gasteiger partial charge in [-0.05, 0) is 37.5 Å². The molecule has 2 aromatic rings. The third-order valence-electron chi connectivity index (χ3n) is 4.76. The number of nitrogens with one attached hydrogen (secondary N) is 3. The van der Waals surface area contributed by atoms with Gasteiger partial charge in [-0.25, -0.2) is 4.79 Å². The van der Waals surface area contributed by atoms with Crippen LogP contribution >= 0.6 is 0 Å². The standard InChI is InChI=1S/C22H26N4O3/c1-16(11-12-17-7-3-2-4-8-17)24-20(27)13-14-23-22(29)26-15-21(28)25-18-9-5-6-10-19(18)26/h2-10,16H,11-15H2,1H3,(H,23,29)(H,24,27)(H,25,28)/t16-/m0/s1. The first-order valence-corrected chi connectivity index (χ1v) is 9.80. The van der Waals surface area contributed by atoms with Gasteiger partial charge in [0.1, 0.15) is 6.54 Å². The van der Waals surface area contributed by atoms with Crippen LogP contribution in [-0.2, 0) is 16.0 Å². The van der Waals surface area contributed by atoms with Crippen LogP contribution in [0, 0.1) is 0 Å². The average molecular weight is 394 g/mol. The number of benzene rings is 2. The third-order valence-corrected chi connectivity index (χ3v) is 4.76. The molecule has 0 spiro atoms. The average Bonchev–Trinajstić information content (AvgIpc) is 2.72. The molecule has 7 heteroatoms. The molecule has 3 rings (SSSR count). The van der Waals surface area contributed by atoms with E-state index in [1.807, 2.05) is 25.1 Å². The molecule has 0 saturated heterocycles. The SMILES string of the molecule is C[C@@H](CCc1ccccc1)NC(=O)CCNC(=O)N1CC(=O)Nc2ccccc21. The number of carbonyl (C=O) groups is 3. The van der Waals surface area contributed by atoms with E-state index in [-0.39, 0.29) is 37.4 Å². The molecule has 1 heterocycles. The Morgan fingerprint density at radius 1 is 1.10 bits per heavy atom. The predicted octanol–water partition coefficient (Wildman–Crippen LogP) is 2.68. The minimum Gasteiger partial charge on any atom is -0.354 e. The van der Waals surface area contributed by atoms with E-state index in [1.165, 1.54) is 10.5 Å². The van der Waals surface area contributed by atoms with E-state index < -0.39 is 6.03 Å². The summed E-state index contributed by atoms with van der Waals surface area (Å²) < 4.78 is 0. The second kappa shape index (κ2) is 9.73. The molecule has 0 saturated carbocycles. The number of urea groups is 1. The second-order valence-corrected chi connectivity index (χ2v) is 7.13. The van der Waals surface area contributed by atoms with E-state index >= 15 is 0 Å². The van der Waals surface area contributed by atoms with Crippen LogP contribution < -0.4 is 20.9 Å². The van der Waals surface area contributed by atoms with E-state index in [9.17, 15) is 14.4 Å². The van der Waals surface area contributed by atoms with Gasteiger partial charge in [-0.1, -0.05) is 42.5 Å². The summed E-state index contributed by atoms with van der Waals surface area (Å²) in [5, 5.41) is 8.42. The van der Waals surface area contributed by atoms with Crippen LogP contribution in [-0.4, -0.2) is 37.0 Å². The van der Waals surface area contributed by atoms with Gasteiger partial charge in [-0.15, -0.1) is 0 Å². The molecule has 152 valence electrons. The Kier molecular flexibility index (Phi) is 6.84. The van der Waals surface area contributed by atoms with Crippen LogP contribution in [0.25, 0.3) is 0 Å². The molecule has 1 atom stereocenters. The number of para-hydroxylation sites is 2. The molecule has 7 nitrogen and oxygen atoms in total. The molecule has 1 aliphatic heterocycles. The number of hydrogen-bond acceptors (Lipinski definition) is 3. The van der Waals surface area contributed by atoms with Crippen molar-refractivity contribution >= 4 is 29.2 Å². The highest BCUT2D eigenvalue weighted by Crippen LogP contribution is 2.28. The maximum absolute atomic E-state index is 12.5. The van der Waals surface area contributed by atoms with Crippen molar-refractivity contribution in [3.05, 3.63) is 60.2 Å². The maximum atomic E-state index is 12.5. The zero-order valence-corrected chi connectivity index (χ0v) is 16.5. The fourth-order valence-corrected chi connectivity index (χ4v) is 3.24. The quantitative estimate of drug-likeness (QED) is 0.674. The molecule has 0 radical (unpaired) electrons. The van der Waals surface area contributed by atoms with Crippen molar-refractivity contribution in [3.8, 4) is 0 Å². The summed E-state index contributed by atoms with van der Waals surface area (Å²) in [6.45, 7) is 2.13. The van der Waals surface area contributed by atoms with Gasteiger partial charge in [-0.2, -0.15) is 0 Å². The first-order chi connectivity index (χ1) is 14.0. The normalized spacial score (nSPS) is 13.8. The van der Waals surface area contributed by atoms with Crippen LogP contribution in [0.1, 0.15) is 25.3 Å². The highest BCUT2D eigenvalue weighted by atomic mass is 16.2. The van der Waals surface area contributed by atoms with Gasteiger partial charge >= 0.3 is 6.03 Å². The van der Waals surface area contributed by atoms with Crippen LogP contribution in [0.15, 0.2) is 54.6 Å². The summed E-state index contributed by atoms with van der Waals surface area (Å²) in [6, 6.07) is 16.9. The fraction of sp³-hybridized carbons (Fsp3) is 0.318. The van der Waals surface area contributed by atoms with Gasteiger partial charge in [0.2, 0.25) is 11.8 Å². The van der Waals surface area contributed by atoms with Crippen molar-refractivity contribution in [2.24, 2.45) is 0 Å². The molecule has 2 aromatic carbocycles. The lowest BCUT2D eigenvalue weighted by Gasteiger charge is -2.29. The van der Waals surface area contributed by atoms with Crippen LogP contribution in [0.2, 0.25) is 0 Å². The van der Waals surface area contributed by atoms with Gasteiger partial charge < -0.3 is 16.0 Å². The lowest BCUT2D eigenvalue weighted by Crippen LogP contribution is -2.47. The largest absolute Gasteiger partial charge is 0.354 e. The lowest BCUT2D eigenvalue weighted by atomic mass is 10.1. The summed E-state index contributed by atoms with van der Waals surface area (Å²) in [5.74, 6) is -0.355. The van der Waals surface area contributed by atoms with E-state index in [1.54, 1.807) is 24.3 Å². The number of aryl methyl sites for hydroxylation is 1. The number of anilines is 2. The van der Waals surface area contributed by atoms with Crippen LogP contribution in [0.3, 0.4) is 0 Å². The zero-order valence-electron chi connectivity index (χ0n) is 16.5. The van der Waals surface area contributed by atoms with E-state index in [0.29, 0.717) is 11.4 Å². The number of amides is 4. The Balaban J connectivity index is 1.41. The minimum absolute atomic E-state index is 0.0500. The number of rotatable bonds is 7. The van der Waals surface area contributed by atoms with Crippen LogP contribution in [0.5, 0.6) is 0 Å². The summed E-state index contributed by atoms with van der Waals surface area (Å²) in [7, 11) is 0. The minimum atomic E-state index is -0.391. The summed E-state index contributed by atoms with van der Waals surface area (Å²) in [6.07, 6.45) is 1.93. The third kappa shape index (κ3) is 5.81. The van der Waals surface area contributed by atoms with Crippen LogP contribution in [0.4, 0.5) is 16.2 Å². The predicted molar refractivity (Wildman–Crippen MR) is 113 cm³/mol. The molecular formula is C22H26N4O3. The van der Waals surface area contributed by atoms with E-state index in [4.69, 9.17) is 0 Å². The Hall–Kier alpha value is -3.35. The van der Waals surface area contributed by atoms with Gasteiger partial charge in [-0.3, -0.25) is 14.5 Å². The number of nitrogens with zero attached hydrogens (tertiary/aromatic N) is 1. The maximum Gasteiger partial charge on any atom is 0.322 e. The molecule has 0 aromatic heterocycles. The molecule has 1 aliphatic rings. The van der Waals surface area contributed by atoms with Crippen molar-refractivity contribution in [2.75, 3.05) is 23.3 Å². The molecule has 0 aliphatic carbocycles. The van der Waals surface area contributed by atoms with Gasteiger partial charge in [0, 0.05) is 19.0 Å². The van der Waals surface area contributed by atoms with Gasteiger partial charge in [0.15, 0.2) is 0 Å². The molecule has 4 amide bonds. The highest BCUT2D eigenvalue weighted by molar-refractivity contribution is 6.09. The Labute approximate surface area is 170 Å². The Morgan fingerprint density at radius 3 is 2.62 bits per heavy atom. The van der Waals surface area contributed by atoms with Crippen molar-refractivity contribution < 1.29 is 14.4 Å². The smallest absolute Gasteiger partial charge is 0.322 e. The summed E-state index contributed by atoms with van der Waals surface area (Å²) >= 11 is 0. The number of fused-ring (bicyclic) bond motifs is 1. The molecular weight excluding hydrogens is 368 g/mol. The first kappa shape index (κ1) is 20.4. The Morgan fingerprint density at radius 2 is 1.83 bits per heavy atom. The van der Waals surface area contributed by atoms with Crippen molar-refractivity contribution in [2.45, 2.75) is 32.2 Å². The first-order valence-electron chi connectivity index (χ1n) is 9.80. The zero-order chi connectivity index (χ0) is 20.6. The molecule has 3 N–H and O–H groups in total. The molecule has 0 fully saturated rings. The van der Waals surface area contributed by atoms with Crippen molar-refractivity contribution in [3.63, 3.8) is 0 Å². The fourth-order valence-electron chi connectivity index (χ4n) is 3.24. The highest BCUT2D eigenvalue weighted by Gasteiger charge is 2.26. The lowest BCUT2D eigenvalue weighted by molar-refractivity contribution is -0.121. The molecule has 29 heavy (non-hydrogen) atoms. The van der Waals surface area contributed by atoms with Gasteiger partial charge in [0.25, 0.3) is 0 Å². The molecule has 0 bridgehead atoms. The van der Waals surface area contributed by atoms with Crippen molar-refractivity contribution in [1.29, 1.82) is 0 Å². The topological polar surface area (TPSA) is 90.5 Å². The van der Waals surface area contributed by atoms with E-state index in [0.717, 1.165) is 12.8 Å². The monoisotopic (exact) mass is 394 g/mol. The summed E-state index contributed by atoms with van der Waals surface area (Å²) in [5.41, 5.74) is 2.49. The van der Waals surface area contributed by atoms with Gasteiger partial charge in [0.05, 0.1) is 11.4 Å². The number of hydrogen-bond donors (Lipinski definition) is 3. The van der Waals surface area contributed by atoms with E-state index in [2.05, 4.69) is 28.1 Å². The van der Waals surface area contributed by atoms with Crippen molar-refractivity contribution in [1.82, 2.24) is 10.6 Å². The summed E-state index contributed by atoms with van der Waals surface area (Å²) in [4.78, 5) is 37.8. The number of carbonyl (C=O) groups excluding carboxylic acids is 3. The Bertz CT molecular complexity index is 869. The second-order valence-electron chi connectivity index (χ2n) is 7.13.